The number of benzene rings is 1. The first-order valence-corrected chi connectivity index (χ1v) is 7.15. The largest absolute Gasteiger partial charge is 0.299 e. The van der Waals surface area contributed by atoms with Crippen LogP contribution < -0.4 is 0 Å². The molecule has 0 saturated heterocycles. The molecule has 0 amide bonds. The molecule has 3 rings (SSSR count). The van der Waals surface area contributed by atoms with Crippen LogP contribution in [0, 0.1) is 16.7 Å². The zero-order valence-electron chi connectivity index (χ0n) is 12.3. The fourth-order valence-electron chi connectivity index (χ4n) is 4.35. The number of Topliss-reactive ketones (excluding diaryl/α,β-unsaturated/α-hetero) is 1. The first-order chi connectivity index (χ1) is 8.89. The summed E-state index contributed by atoms with van der Waals surface area (Å²) < 4.78 is 0. The molecule has 0 radical (unpaired) electrons. The molecule has 0 bridgehead atoms. The number of carbonyl (C=O) groups excluding carboxylic acids is 1. The number of rotatable bonds is 2. The number of hydrogen-bond acceptors (Lipinski definition) is 1. The van der Waals surface area contributed by atoms with Gasteiger partial charge in [0.15, 0.2) is 0 Å². The van der Waals surface area contributed by atoms with Gasteiger partial charge in [-0.25, -0.2) is 0 Å². The Balaban J connectivity index is 1.99. The zero-order valence-corrected chi connectivity index (χ0v) is 12.3. The minimum Gasteiger partial charge on any atom is -0.299 e. The van der Waals surface area contributed by atoms with Gasteiger partial charge in [-0.15, -0.1) is 0 Å². The van der Waals surface area contributed by atoms with E-state index < -0.39 is 0 Å². The quantitative estimate of drug-likeness (QED) is 0.724. The molecule has 0 aliphatic heterocycles. The van der Waals surface area contributed by atoms with Gasteiger partial charge in [-0.1, -0.05) is 55.3 Å². The van der Waals surface area contributed by atoms with Crippen LogP contribution in [0.5, 0.6) is 0 Å². The van der Waals surface area contributed by atoms with Crippen LogP contribution in [0.1, 0.15) is 39.7 Å². The zero-order chi connectivity index (χ0) is 13.8. The fourth-order valence-corrected chi connectivity index (χ4v) is 4.35. The minimum absolute atomic E-state index is 0.140. The van der Waals surface area contributed by atoms with E-state index in [0.717, 1.165) is 12.8 Å². The third kappa shape index (κ3) is 1.64. The van der Waals surface area contributed by atoms with Crippen molar-refractivity contribution < 1.29 is 4.79 Å². The van der Waals surface area contributed by atoms with Crippen LogP contribution in [0.3, 0.4) is 0 Å². The van der Waals surface area contributed by atoms with Crippen LogP contribution in [-0.4, -0.2) is 5.78 Å². The average Bonchev–Trinajstić information content (AvgIpc) is 2.93. The van der Waals surface area contributed by atoms with Gasteiger partial charge in [0.1, 0.15) is 5.78 Å². The molecular formula is C18H22O. The van der Waals surface area contributed by atoms with E-state index in [9.17, 15) is 4.79 Å². The van der Waals surface area contributed by atoms with E-state index in [0.29, 0.717) is 11.7 Å². The molecular weight excluding hydrogens is 232 g/mol. The van der Waals surface area contributed by atoms with Crippen LogP contribution in [0.25, 0.3) is 0 Å². The molecule has 2 aliphatic rings. The lowest BCUT2D eigenvalue weighted by Gasteiger charge is -2.17. The summed E-state index contributed by atoms with van der Waals surface area (Å²) >= 11 is 0. The summed E-state index contributed by atoms with van der Waals surface area (Å²) in [7, 11) is 0. The monoisotopic (exact) mass is 254 g/mol. The summed E-state index contributed by atoms with van der Waals surface area (Å²) in [5.41, 5.74) is 4.30. The van der Waals surface area contributed by atoms with E-state index in [4.69, 9.17) is 0 Å². The Kier molecular flexibility index (Phi) is 2.54. The first kappa shape index (κ1) is 12.7. The lowest BCUT2D eigenvalue weighted by atomic mass is 9.85. The molecule has 1 nitrogen and oxygen atoms in total. The Morgan fingerprint density at radius 2 is 1.84 bits per heavy atom. The van der Waals surface area contributed by atoms with Gasteiger partial charge in [0.2, 0.25) is 0 Å². The van der Waals surface area contributed by atoms with Crippen LogP contribution in [-0.2, 0) is 11.2 Å². The van der Waals surface area contributed by atoms with Crippen LogP contribution in [0.2, 0.25) is 0 Å². The number of hydrogen-bond donors (Lipinski definition) is 0. The van der Waals surface area contributed by atoms with Gasteiger partial charge in [0.25, 0.3) is 0 Å². The summed E-state index contributed by atoms with van der Waals surface area (Å²) in [4.78, 5) is 12.3. The molecule has 0 aromatic heterocycles. The SMILES string of the molecule is CC(C)=C1[C@H]2C(C)(C)C(=O)C[C@@]12Cc1ccccc1. The van der Waals surface area contributed by atoms with Crippen molar-refractivity contribution in [1.82, 2.24) is 0 Å². The Morgan fingerprint density at radius 1 is 1.21 bits per heavy atom. The van der Waals surface area contributed by atoms with Gasteiger partial charge >= 0.3 is 0 Å². The van der Waals surface area contributed by atoms with Crippen molar-refractivity contribution >= 4 is 5.78 Å². The molecule has 0 unspecified atom stereocenters. The molecule has 1 aromatic carbocycles. The maximum absolute atomic E-state index is 12.3. The highest BCUT2D eigenvalue weighted by atomic mass is 16.1. The number of fused-ring (bicyclic) bond motifs is 1. The molecule has 0 N–H and O–H groups in total. The Hall–Kier alpha value is -1.37. The van der Waals surface area contributed by atoms with E-state index in [-0.39, 0.29) is 10.8 Å². The van der Waals surface area contributed by atoms with Crippen LogP contribution in [0.15, 0.2) is 41.5 Å². The lowest BCUT2D eigenvalue weighted by Crippen LogP contribution is -2.22. The number of allylic oxidation sites excluding steroid dienone is 2. The van der Waals surface area contributed by atoms with Gasteiger partial charge in [-0.05, 0) is 25.8 Å². The Bertz CT molecular complexity index is 561. The van der Waals surface area contributed by atoms with Gasteiger partial charge in [-0.3, -0.25) is 4.79 Å². The maximum atomic E-state index is 12.3. The van der Waals surface area contributed by atoms with Crippen LogP contribution >= 0.6 is 0 Å². The minimum atomic E-state index is -0.165. The van der Waals surface area contributed by atoms with Gasteiger partial charge in [-0.2, -0.15) is 0 Å². The molecule has 2 saturated carbocycles. The normalized spacial score (nSPS) is 31.3. The van der Waals surface area contributed by atoms with E-state index in [1.165, 1.54) is 11.1 Å². The van der Waals surface area contributed by atoms with Crippen molar-refractivity contribution in [1.29, 1.82) is 0 Å². The predicted octanol–water partition coefficient (Wildman–Crippen LogP) is 4.18. The third-order valence-electron chi connectivity index (χ3n) is 5.11. The molecule has 100 valence electrons. The molecule has 2 aliphatic carbocycles. The molecule has 0 spiro atoms. The van der Waals surface area contributed by atoms with Crippen molar-refractivity contribution in [3.05, 3.63) is 47.0 Å². The second-order valence-corrected chi connectivity index (χ2v) is 6.99. The summed E-state index contributed by atoms with van der Waals surface area (Å²) in [6.45, 7) is 8.65. The summed E-state index contributed by atoms with van der Waals surface area (Å²) in [6.07, 6.45) is 1.76. The standard InChI is InChI=1S/C18H22O/c1-12(2)15-16-17(3,4)14(19)11-18(15,16)10-13-8-6-5-7-9-13/h5-9,16H,10-11H2,1-4H3/t16-,18-/m0/s1. The highest BCUT2D eigenvalue weighted by Crippen LogP contribution is 2.75. The van der Waals surface area contributed by atoms with E-state index in [1.54, 1.807) is 5.57 Å². The van der Waals surface area contributed by atoms with Gasteiger partial charge in [0, 0.05) is 23.2 Å². The van der Waals surface area contributed by atoms with E-state index in [2.05, 4.69) is 58.0 Å². The second-order valence-electron chi connectivity index (χ2n) is 6.99. The molecule has 19 heavy (non-hydrogen) atoms. The number of ketones is 1. The third-order valence-corrected chi connectivity index (χ3v) is 5.11. The summed E-state index contributed by atoms with van der Waals surface area (Å²) in [5, 5.41) is 0. The topological polar surface area (TPSA) is 17.1 Å². The fraction of sp³-hybridized carbons (Fsp3) is 0.500. The smallest absolute Gasteiger partial charge is 0.140 e. The average molecular weight is 254 g/mol. The Labute approximate surface area is 115 Å². The highest BCUT2D eigenvalue weighted by Gasteiger charge is 2.72. The molecule has 2 atom stereocenters. The van der Waals surface area contributed by atoms with E-state index >= 15 is 0 Å². The van der Waals surface area contributed by atoms with Crippen LogP contribution in [0.4, 0.5) is 0 Å². The second kappa shape index (κ2) is 3.82. The summed E-state index contributed by atoms with van der Waals surface area (Å²) in [5.74, 6) is 0.913. The lowest BCUT2D eigenvalue weighted by molar-refractivity contribution is -0.125. The summed E-state index contributed by atoms with van der Waals surface area (Å²) in [6, 6.07) is 10.6. The molecule has 1 aromatic rings. The van der Waals surface area contributed by atoms with E-state index in [1.807, 2.05) is 0 Å². The van der Waals surface area contributed by atoms with Gasteiger partial charge < -0.3 is 0 Å². The predicted molar refractivity (Wildman–Crippen MR) is 77.8 cm³/mol. The number of carbonyl (C=O) groups is 1. The Morgan fingerprint density at radius 3 is 2.42 bits per heavy atom. The highest BCUT2D eigenvalue weighted by molar-refractivity contribution is 5.92. The van der Waals surface area contributed by atoms with Crippen molar-refractivity contribution in [2.24, 2.45) is 16.7 Å². The van der Waals surface area contributed by atoms with Crippen molar-refractivity contribution in [2.75, 3.05) is 0 Å². The molecule has 2 fully saturated rings. The van der Waals surface area contributed by atoms with Crippen molar-refractivity contribution in [3.8, 4) is 0 Å². The van der Waals surface area contributed by atoms with Crippen molar-refractivity contribution in [2.45, 2.75) is 40.5 Å². The molecule has 0 heterocycles. The molecule has 1 heteroatoms. The van der Waals surface area contributed by atoms with Gasteiger partial charge in [0.05, 0.1) is 0 Å². The van der Waals surface area contributed by atoms with Crippen molar-refractivity contribution in [3.63, 3.8) is 0 Å². The maximum Gasteiger partial charge on any atom is 0.140 e. The first-order valence-electron chi connectivity index (χ1n) is 7.15.